The van der Waals surface area contributed by atoms with Crippen molar-refractivity contribution < 1.29 is 13.2 Å². The van der Waals surface area contributed by atoms with E-state index in [0.29, 0.717) is 11.7 Å². The lowest BCUT2D eigenvalue weighted by Gasteiger charge is -2.15. The minimum absolute atomic E-state index is 0.0368. The topological polar surface area (TPSA) is 28.7 Å². The number of alkyl halides is 3. The second-order valence-electron chi connectivity index (χ2n) is 4.57. The van der Waals surface area contributed by atoms with Crippen molar-refractivity contribution >= 4 is 0 Å². The average Bonchev–Trinajstić information content (AvgIpc) is 2.55. The number of hydrogen-bond donors (Lipinski definition) is 1. The van der Waals surface area contributed by atoms with Gasteiger partial charge in [0.25, 0.3) is 0 Å². The van der Waals surface area contributed by atoms with Crippen molar-refractivity contribution in [2.24, 2.45) is 5.92 Å². The maximum absolute atomic E-state index is 12.0. The molecular formula is C11H15F3N2. The first-order valence-corrected chi connectivity index (χ1v) is 5.57. The maximum Gasteiger partial charge on any atom is 0.389 e. The van der Waals surface area contributed by atoms with E-state index in [1.165, 1.54) is 0 Å². The second kappa shape index (κ2) is 4.11. The van der Waals surface area contributed by atoms with Crippen LogP contribution in [0.1, 0.15) is 37.0 Å². The number of hydrogen-bond acceptors (Lipinski definition) is 1. The fourth-order valence-corrected chi connectivity index (χ4v) is 2.09. The molecule has 5 heteroatoms. The van der Waals surface area contributed by atoms with Crippen LogP contribution in [-0.4, -0.2) is 16.1 Å². The van der Waals surface area contributed by atoms with Gasteiger partial charge in [0.05, 0.1) is 12.1 Å². The van der Waals surface area contributed by atoms with E-state index in [1.54, 1.807) is 0 Å². The van der Waals surface area contributed by atoms with Gasteiger partial charge in [0.15, 0.2) is 0 Å². The number of H-pyrrole nitrogens is 1. The lowest BCUT2D eigenvalue weighted by molar-refractivity contribution is -0.134. The molecule has 1 unspecified atom stereocenters. The molecule has 1 aliphatic carbocycles. The van der Waals surface area contributed by atoms with Gasteiger partial charge in [-0.05, 0) is 25.2 Å². The van der Waals surface area contributed by atoms with Crippen molar-refractivity contribution in [3.05, 3.63) is 17.2 Å². The predicted octanol–water partition coefficient (Wildman–Crippen LogP) is 3.03. The Kier molecular flexibility index (Phi) is 2.95. The maximum atomic E-state index is 12.0. The summed E-state index contributed by atoms with van der Waals surface area (Å²) in [5.74, 6) is 1.08. The summed E-state index contributed by atoms with van der Waals surface area (Å²) in [5, 5.41) is 0. The average molecular weight is 232 g/mol. The van der Waals surface area contributed by atoms with Gasteiger partial charge in [0.2, 0.25) is 0 Å². The molecular weight excluding hydrogens is 217 g/mol. The Labute approximate surface area is 92.3 Å². The number of aryl methyl sites for hydroxylation is 2. The monoisotopic (exact) mass is 232 g/mol. The number of aromatic nitrogens is 2. The highest BCUT2D eigenvalue weighted by Gasteiger charge is 2.28. The number of fused-ring (bicyclic) bond motifs is 1. The summed E-state index contributed by atoms with van der Waals surface area (Å²) < 4.78 is 36.1. The number of nitrogens with one attached hydrogen (secondary N) is 1. The molecule has 0 saturated heterocycles. The molecule has 1 N–H and O–H groups in total. The molecule has 0 aliphatic heterocycles. The van der Waals surface area contributed by atoms with Gasteiger partial charge >= 0.3 is 6.18 Å². The van der Waals surface area contributed by atoms with E-state index in [1.807, 2.05) is 0 Å². The largest absolute Gasteiger partial charge is 0.389 e. The van der Waals surface area contributed by atoms with Gasteiger partial charge in [-0.1, -0.05) is 6.92 Å². The summed E-state index contributed by atoms with van der Waals surface area (Å²) in [4.78, 5) is 7.26. The van der Waals surface area contributed by atoms with E-state index in [2.05, 4.69) is 16.9 Å². The van der Waals surface area contributed by atoms with Crippen molar-refractivity contribution in [3.63, 3.8) is 0 Å². The molecule has 0 amide bonds. The van der Waals surface area contributed by atoms with E-state index in [4.69, 9.17) is 0 Å². The van der Waals surface area contributed by atoms with E-state index < -0.39 is 12.6 Å². The summed E-state index contributed by atoms with van der Waals surface area (Å²) in [6.07, 6.45) is -2.05. The molecule has 0 bridgehead atoms. The van der Waals surface area contributed by atoms with Crippen molar-refractivity contribution in [3.8, 4) is 0 Å². The van der Waals surface area contributed by atoms with Crippen molar-refractivity contribution in [2.45, 2.75) is 45.2 Å². The lowest BCUT2D eigenvalue weighted by Crippen LogP contribution is -2.10. The second-order valence-corrected chi connectivity index (χ2v) is 4.57. The molecule has 2 rings (SSSR count). The Morgan fingerprint density at radius 1 is 1.44 bits per heavy atom. The molecule has 0 radical (unpaired) electrons. The van der Waals surface area contributed by atoms with Crippen LogP contribution >= 0.6 is 0 Å². The third-order valence-electron chi connectivity index (χ3n) is 2.99. The van der Waals surface area contributed by atoms with E-state index >= 15 is 0 Å². The fourth-order valence-electron chi connectivity index (χ4n) is 2.09. The molecule has 1 atom stereocenters. The normalized spacial score (nSPS) is 20.9. The van der Waals surface area contributed by atoms with E-state index in [9.17, 15) is 13.2 Å². The Morgan fingerprint density at radius 2 is 2.19 bits per heavy atom. The smallest absolute Gasteiger partial charge is 0.346 e. The van der Waals surface area contributed by atoms with Crippen LogP contribution in [0.2, 0.25) is 0 Å². The van der Waals surface area contributed by atoms with Crippen LogP contribution in [0.5, 0.6) is 0 Å². The highest BCUT2D eigenvalue weighted by atomic mass is 19.4. The van der Waals surface area contributed by atoms with Crippen LogP contribution < -0.4 is 0 Å². The summed E-state index contributed by atoms with van der Waals surface area (Å²) in [6, 6.07) is 0. The van der Waals surface area contributed by atoms with E-state index in [0.717, 1.165) is 30.7 Å². The predicted molar refractivity (Wildman–Crippen MR) is 54.2 cm³/mol. The van der Waals surface area contributed by atoms with Gasteiger partial charge in [0, 0.05) is 12.1 Å². The zero-order valence-corrected chi connectivity index (χ0v) is 9.19. The molecule has 1 aromatic rings. The molecule has 16 heavy (non-hydrogen) atoms. The zero-order chi connectivity index (χ0) is 11.8. The summed E-state index contributed by atoms with van der Waals surface area (Å²) in [7, 11) is 0. The fraction of sp³-hybridized carbons (Fsp3) is 0.727. The number of aromatic amines is 1. The molecule has 1 aliphatic rings. The molecule has 1 aromatic heterocycles. The van der Waals surface area contributed by atoms with Crippen LogP contribution in [0, 0.1) is 5.92 Å². The van der Waals surface area contributed by atoms with Crippen LogP contribution in [0.25, 0.3) is 0 Å². The number of rotatable bonds is 2. The van der Waals surface area contributed by atoms with Gasteiger partial charge in [-0.2, -0.15) is 13.2 Å². The number of imidazole rings is 1. The third kappa shape index (κ3) is 2.77. The minimum Gasteiger partial charge on any atom is -0.346 e. The molecule has 2 nitrogen and oxygen atoms in total. The lowest BCUT2D eigenvalue weighted by atomic mass is 9.92. The molecule has 0 fully saturated rings. The van der Waals surface area contributed by atoms with Crippen molar-refractivity contribution in [2.75, 3.05) is 0 Å². The van der Waals surface area contributed by atoms with Gasteiger partial charge in [-0.25, -0.2) is 4.98 Å². The van der Waals surface area contributed by atoms with Crippen molar-refractivity contribution in [1.29, 1.82) is 0 Å². The SMILES string of the molecule is CC1CCc2nc(CCC(F)(F)F)[nH]c2C1. The van der Waals surface area contributed by atoms with Crippen LogP contribution in [0.4, 0.5) is 13.2 Å². The highest BCUT2D eigenvalue weighted by molar-refractivity contribution is 5.18. The number of nitrogens with zero attached hydrogens (tertiary/aromatic N) is 1. The van der Waals surface area contributed by atoms with Gasteiger partial charge in [-0.15, -0.1) is 0 Å². The standard InChI is InChI=1S/C11H15F3N2/c1-7-2-3-8-9(6-7)16-10(15-8)4-5-11(12,13)14/h7H,2-6H2,1H3,(H,15,16). The van der Waals surface area contributed by atoms with Crippen LogP contribution in [0.15, 0.2) is 0 Å². The van der Waals surface area contributed by atoms with Crippen LogP contribution in [0.3, 0.4) is 0 Å². The number of halogens is 3. The summed E-state index contributed by atoms with van der Waals surface area (Å²) in [5.41, 5.74) is 2.01. The van der Waals surface area contributed by atoms with Crippen molar-refractivity contribution in [1.82, 2.24) is 9.97 Å². The van der Waals surface area contributed by atoms with Gasteiger partial charge < -0.3 is 4.98 Å². The Hall–Kier alpha value is -1.00. The molecule has 0 aromatic carbocycles. The highest BCUT2D eigenvalue weighted by Crippen LogP contribution is 2.25. The molecule has 90 valence electrons. The van der Waals surface area contributed by atoms with Gasteiger partial charge in [0.1, 0.15) is 5.82 Å². The Balaban J connectivity index is 2.02. The van der Waals surface area contributed by atoms with E-state index in [-0.39, 0.29) is 6.42 Å². The first kappa shape index (κ1) is 11.5. The molecule has 1 heterocycles. The Morgan fingerprint density at radius 3 is 2.88 bits per heavy atom. The first-order chi connectivity index (χ1) is 7.44. The van der Waals surface area contributed by atoms with Gasteiger partial charge in [-0.3, -0.25) is 0 Å². The molecule has 0 spiro atoms. The summed E-state index contributed by atoms with van der Waals surface area (Å²) >= 11 is 0. The van der Waals surface area contributed by atoms with Crippen LogP contribution in [-0.2, 0) is 19.3 Å². The Bertz CT molecular complexity index is 368. The molecule has 0 saturated carbocycles. The summed E-state index contributed by atoms with van der Waals surface area (Å²) in [6.45, 7) is 2.15. The first-order valence-electron chi connectivity index (χ1n) is 5.57. The minimum atomic E-state index is -4.10. The zero-order valence-electron chi connectivity index (χ0n) is 9.19. The third-order valence-corrected chi connectivity index (χ3v) is 2.99. The quantitative estimate of drug-likeness (QED) is 0.834.